The van der Waals surface area contributed by atoms with Crippen molar-refractivity contribution in [1.82, 2.24) is 5.32 Å². The topological polar surface area (TPSA) is 72.2 Å². The van der Waals surface area contributed by atoms with Crippen molar-refractivity contribution in [2.24, 2.45) is 11.7 Å². The van der Waals surface area contributed by atoms with Crippen LogP contribution < -0.4 is 11.1 Å². The molecule has 0 aromatic heterocycles. The highest BCUT2D eigenvalue weighted by Crippen LogP contribution is 2.21. The Morgan fingerprint density at radius 3 is 2.28 bits per heavy atom. The number of carbonyl (C=O) groups excluding carboxylic acids is 2. The Bertz CT molecular complexity index is 479. The molecule has 98 valence electrons. The maximum absolute atomic E-state index is 11.9. The molecule has 0 aliphatic heterocycles. The number of hydrogen-bond acceptors (Lipinski definition) is 2. The van der Waals surface area contributed by atoms with Crippen molar-refractivity contribution in [1.29, 1.82) is 0 Å². The molecule has 0 heterocycles. The molecule has 0 saturated heterocycles. The first-order valence-corrected chi connectivity index (χ1v) is 6.02. The van der Waals surface area contributed by atoms with Crippen molar-refractivity contribution < 1.29 is 9.59 Å². The molecule has 0 fully saturated rings. The maximum atomic E-state index is 11.9. The summed E-state index contributed by atoms with van der Waals surface area (Å²) in [5.74, 6) is -0.328. The summed E-state index contributed by atoms with van der Waals surface area (Å²) >= 11 is 0. The third-order valence-electron chi connectivity index (χ3n) is 2.74. The van der Waals surface area contributed by atoms with E-state index in [2.05, 4.69) is 5.32 Å². The van der Waals surface area contributed by atoms with Crippen LogP contribution in [0.4, 0.5) is 0 Å². The van der Waals surface area contributed by atoms with Crippen LogP contribution in [0.25, 0.3) is 0 Å². The van der Waals surface area contributed by atoms with E-state index in [4.69, 9.17) is 5.73 Å². The maximum Gasteiger partial charge on any atom is 0.251 e. The second kappa shape index (κ2) is 5.67. The van der Waals surface area contributed by atoms with E-state index in [1.54, 1.807) is 19.2 Å². The molecule has 1 aromatic carbocycles. The molecule has 18 heavy (non-hydrogen) atoms. The average molecular weight is 248 g/mol. The quantitative estimate of drug-likeness (QED) is 0.850. The van der Waals surface area contributed by atoms with Gasteiger partial charge in [0.25, 0.3) is 5.91 Å². The first-order valence-electron chi connectivity index (χ1n) is 6.02. The summed E-state index contributed by atoms with van der Waals surface area (Å²) in [4.78, 5) is 23.4. The average Bonchev–Trinajstić information content (AvgIpc) is 2.28. The number of carbonyl (C=O) groups is 2. The van der Waals surface area contributed by atoms with Gasteiger partial charge >= 0.3 is 0 Å². The van der Waals surface area contributed by atoms with Gasteiger partial charge in [-0.25, -0.2) is 0 Å². The van der Waals surface area contributed by atoms with Gasteiger partial charge in [0.05, 0.1) is 0 Å². The third kappa shape index (κ3) is 3.09. The molecule has 4 heteroatoms. The summed E-state index contributed by atoms with van der Waals surface area (Å²) in [5, 5.41) is 2.60. The highest BCUT2D eigenvalue weighted by molar-refractivity contribution is 6.01. The van der Waals surface area contributed by atoms with Gasteiger partial charge in [-0.05, 0) is 42.5 Å². The number of primary amides is 1. The Morgan fingerprint density at radius 1 is 1.28 bits per heavy atom. The second-order valence-corrected chi connectivity index (χ2v) is 4.88. The molecule has 1 aromatic rings. The van der Waals surface area contributed by atoms with Gasteiger partial charge in [-0.2, -0.15) is 0 Å². The number of hydrogen-bond donors (Lipinski definition) is 2. The van der Waals surface area contributed by atoms with Crippen LogP contribution in [0.15, 0.2) is 12.1 Å². The lowest BCUT2D eigenvalue weighted by Gasteiger charge is -2.15. The fourth-order valence-corrected chi connectivity index (χ4v) is 2.00. The van der Waals surface area contributed by atoms with Crippen molar-refractivity contribution in [2.45, 2.75) is 27.2 Å². The van der Waals surface area contributed by atoms with E-state index >= 15 is 0 Å². The highest BCUT2D eigenvalue weighted by atomic mass is 16.2. The number of nitrogens with two attached hydrogens (primary N) is 1. The summed E-state index contributed by atoms with van der Waals surface area (Å²) in [6.45, 7) is 5.93. The number of aryl methyl sites for hydroxylation is 1. The minimum absolute atomic E-state index is 0.183. The van der Waals surface area contributed by atoms with Crippen LogP contribution in [0.1, 0.15) is 45.7 Å². The Labute approximate surface area is 108 Å². The number of nitrogens with one attached hydrogen (secondary N) is 1. The van der Waals surface area contributed by atoms with Crippen molar-refractivity contribution in [3.8, 4) is 0 Å². The largest absolute Gasteiger partial charge is 0.366 e. The predicted molar refractivity (Wildman–Crippen MR) is 71.6 cm³/mol. The van der Waals surface area contributed by atoms with Crippen molar-refractivity contribution >= 4 is 11.8 Å². The summed E-state index contributed by atoms with van der Waals surface area (Å²) in [6.07, 6.45) is 0.654. The zero-order chi connectivity index (χ0) is 13.9. The van der Waals surface area contributed by atoms with E-state index < -0.39 is 5.91 Å². The van der Waals surface area contributed by atoms with Gasteiger partial charge in [0.1, 0.15) is 0 Å². The van der Waals surface area contributed by atoms with Crippen LogP contribution in [0.3, 0.4) is 0 Å². The molecule has 0 spiro atoms. The SMILES string of the molecule is CNC(=O)c1cc(C)cc(C(N)=O)c1CC(C)C. The van der Waals surface area contributed by atoms with Crippen LogP contribution in [-0.2, 0) is 6.42 Å². The predicted octanol–water partition coefficient (Wildman–Crippen LogP) is 1.65. The number of benzene rings is 1. The smallest absolute Gasteiger partial charge is 0.251 e. The Hall–Kier alpha value is -1.84. The molecule has 0 unspecified atom stereocenters. The van der Waals surface area contributed by atoms with E-state index in [1.165, 1.54) is 0 Å². The van der Waals surface area contributed by atoms with Gasteiger partial charge in [0.15, 0.2) is 0 Å². The lowest BCUT2D eigenvalue weighted by Crippen LogP contribution is -2.24. The summed E-state index contributed by atoms with van der Waals surface area (Å²) in [7, 11) is 1.58. The molecule has 0 radical (unpaired) electrons. The van der Waals surface area contributed by atoms with Crippen molar-refractivity contribution in [3.05, 3.63) is 34.4 Å². The molecule has 4 nitrogen and oxygen atoms in total. The molecular weight excluding hydrogens is 228 g/mol. The Balaban J connectivity index is 3.47. The molecular formula is C14H20N2O2. The minimum atomic E-state index is -0.487. The first kappa shape index (κ1) is 14.2. The standard InChI is InChI=1S/C14H20N2O2/c1-8(2)5-10-11(13(15)17)6-9(3)7-12(10)14(18)16-4/h6-8H,5H2,1-4H3,(H2,15,17)(H,16,18). The van der Waals surface area contributed by atoms with Crippen LogP contribution in [-0.4, -0.2) is 18.9 Å². The lowest BCUT2D eigenvalue weighted by molar-refractivity contribution is 0.0962. The van der Waals surface area contributed by atoms with Crippen molar-refractivity contribution in [3.63, 3.8) is 0 Å². The van der Waals surface area contributed by atoms with Crippen molar-refractivity contribution in [2.75, 3.05) is 7.05 Å². The Morgan fingerprint density at radius 2 is 1.83 bits per heavy atom. The van der Waals surface area contributed by atoms with Gasteiger partial charge in [-0.3, -0.25) is 9.59 Å². The normalized spacial score (nSPS) is 10.5. The van der Waals surface area contributed by atoms with Crippen LogP contribution >= 0.6 is 0 Å². The molecule has 0 aliphatic rings. The first-order chi connectivity index (χ1) is 8.36. The molecule has 0 aliphatic carbocycles. The van der Waals surface area contributed by atoms with Crippen LogP contribution in [0, 0.1) is 12.8 Å². The second-order valence-electron chi connectivity index (χ2n) is 4.88. The molecule has 0 saturated carbocycles. The number of rotatable bonds is 4. The zero-order valence-electron chi connectivity index (χ0n) is 11.3. The van der Waals surface area contributed by atoms with Crippen LogP contribution in [0.5, 0.6) is 0 Å². The summed E-state index contributed by atoms with van der Waals surface area (Å²) < 4.78 is 0. The number of amides is 2. The van der Waals surface area contributed by atoms with Crippen LogP contribution in [0.2, 0.25) is 0 Å². The fourth-order valence-electron chi connectivity index (χ4n) is 2.00. The third-order valence-corrected chi connectivity index (χ3v) is 2.74. The summed E-state index contributed by atoms with van der Waals surface area (Å²) in [6, 6.07) is 3.54. The minimum Gasteiger partial charge on any atom is -0.366 e. The highest BCUT2D eigenvalue weighted by Gasteiger charge is 2.18. The van der Waals surface area contributed by atoms with Gasteiger partial charge in [0.2, 0.25) is 5.91 Å². The van der Waals surface area contributed by atoms with E-state index in [9.17, 15) is 9.59 Å². The zero-order valence-corrected chi connectivity index (χ0v) is 11.3. The van der Waals surface area contributed by atoms with E-state index in [0.29, 0.717) is 23.5 Å². The van der Waals surface area contributed by atoms with Gasteiger partial charge in [-0.15, -0.1) is 0 Å². The van der Waals surface area contributed by atoms with E-state index in [-0.39, 0.29) is 5.91 Å². The van der Waals surface area contributed by atoms with Gasteiger partial charge < -0.3 is 11.1 Å². The van der Waals surface area contributed by atoms with Gasteiger partial charge in [-0.1, -0.05) is 13.8 Å². The summed E-state index contributed by atoms with van der Waals surface area (Å²) in [5.41, 5.74) is 7.98. The lowest BCUT2D eigenvalue weighted by atomic mass is 9.91. The van der Waals surface area contributed by atoms with Gasteiger partial charge in [0, 0.05) is 18.2 Å². The fraction of sp³-hybridized carbons (Fsp3) is 0.429. The molecule has 0 atom stereocenters. The van der Waals surface area contributed by atoms with E-state index in [1.807, 2.05) is 20.8 Å². The monoisotopic (exact) mass is 248 g/mol. The molecule has 3 N–H and O–H groups in total. The molecule has 1 rings (SSSR count). The molecule has 0 bridgehead atoms. The molecule has 2 amide bonds. The Kier molecular flexibility index (Phi) is 4.48. The van der Waals surface area contributed by atoms with E-state index in [0.717, 1.165) is 11.1 Å².